The third kappa shape index (κ3) is 3.08. The molecule has 0 radical (unpaired) electrons. The minimum atomic E-state index is -3.57. The van der Waals surface area contributed by atoms with Crippen molar-refractivity contribution in [2.24, 2.45) is 0 Å². The second-order valence-electron chi connectivity index (χ2n) is 4.99. The monoisotopic (exact) mass is 429 g/mol. The van der Waals surface area contributed by atoms with Crippen LogP contribution in [0.5, 0.6) is 0 Å². The standard InChI is InChI=1S/C15H13Br2NO2S/c16-11-6-7-13(17)15(9-11)21(19,20)18-14-8-5-10-3-1-2-4-12(10)14/h1-4,6-7,9,14,18H,5,8H2/t14-/m0/s1. The number of nitrogens with one attached hydrogen (secondary N) is 1. The SMILES string of the molecule is O=S(=O)(N[C@H]1CCc2ccccc21)c1cc(Br)ccc1Br. The number of rotatable bonds is 3. The molecular formula is C15H13Br2NO2S. The van der Waals surface area contributed by atoms with Crippen LogP contribution in [-0.4, -0.2) is 8.42 Å². The summed E-state index contributed by atoms with van der Waals surface area (Å²) in [5, 5.41) is 0. The number of aryl methyl sites for hydroxylation is 1. The molecule has 1 aliphatic rings. The molecule has 1 aliphatic carbocycles. The number of sulfonamides is 1. The Morgan fingerprint density at radius 3 is 2.67 bits per heavy atom. The highest BCUT2D eigenvalue weighted by molar-refractivity contribution is 9.11. The van der Waals surface area contributed by atoms with Crippen LogP contribution in [0.4, 0.5) is 0 Å². The van der Waals surface area contributed by atoms with E-state index in [1.807, 2.05) is 18.2 Å². The van der Waals surface area contributed by atoms with E-state index in [0.29, 0.717) is 4.47 Å². The summed E-state index contributed by atoms with van der Waals surface area (Å²) in [4.78, 5) is 0.251. The largest absolute Gasteiger partial charge is 0.242 e. The molecule has 0 aliphatic heterocycles. The molecule has 0 aromatic heterocycles. The summed E-state index contributed by atoms with van der Waals surface area (Å²) in [6, 6.07) is 12.9. The van der Waals surface area contributed by atoms with Gasteiger partial charge in [-0.15, -0.1) is 0 Å². The molecule has 0 saturated heterocycles. The zero-order chi connectivity index (χ0) is 15.0. The summed E-state index contributed by atoms with van der Waals surface area (Å²) in [6.07, 6.45) is 1.70. The van der Waals surface area contributed by atoms with Crippen molar-refractivity contribution in [2.75, 3.05) is 0 Å². The zero-order valence-electron chi connectivity index (χ0n) is 11.0. The molecule has 6 heteroatoms. The molecule has 110 valence electrons. The molecule has 3 nitrogen and oxygen atoms in total. The highest BCUT2D eigenvalue weighted by Gasteiger charge is 2.28. The fourth-order valence-electron chi connectivity index (χ4n) is 2.61. The molecule has 0 spiro atoms. The van der Waals surface area contributed by atoms with Crippen molar-refractivity contribution >= 4 is 41.9 Å². The quantitative estimate of drug-likeness (QED) is 0.793. The van der Waals surface area contributed by atoms with Gasteiger partial charge in [0.1, 0.15) is 0 Å². The van der Waals surface area contributed by atoms with E-state index >= 15 is 0 Å². The van der Waals surface area contributed by atoms with Gasteiger partial charge >= 0.3 is 0 Å². The molecule has 0 fully saturated rings. The van der Waals surface area contributed by atoms with Crippen molar-refractivity contribution in [3.8, 4) is 0 Å². The van der Waals surface area contributed by atoms with E-state index in [1.165, 1.54) is 5.56 Å². The van der Waals surface area contributed by atoms with Crippen molar-refractivity contribution in [1.29, 1.82) is 0 Å². The first kappa shape index (κ1) is 15.2. The van der Waals surface area contributed by atoms with E-state index in [2.05, 4.69) is 42.6 Å². The molecule has 0 bridgehead atoms. The van der Waals surface area contributed by atoms with Crippen molar-refractivity contribution < 1.29 is 8.42 Å². The molecule has 0 saturated carbocycles. The van der Waals surface area contributed by atoms with Crippen LogP contribution in [0.15, 0.2) is 56.3 Å². The van der Waals surface area contributed by atoms with Gasteiger partial charge in [0, 0.05) is 15.0 Å². The Morgan fingerprint density at radius 2 is 1.86 bits per heavy atom. The Labute approximate surface area is 141 Å². The third-order valence-electron chi connectivity index (χ3n) is 3.61. The normalized spacial score (nSPS) is 17.7. The maximum absolute atomic E-state index is 12.6. The smallest absolute Gasteiger partial charge is 0.207 e. The van der Waals surface area contributed by atoms with Crippen molar-refractivity contribution in [2.45, 2.75) is 23.8 Å². The highest BCUT2D eigenvalue weighted by Crippen LogP contribution is 2.33. The Bertz CT molecular complexity index is 790. The van der Waals surface area contributed by atoms with Crippen LogP contribution >= 0.6 is 31.9 Å². The van der Waals surface area contributed by atoms with Gasteiger partial charge in [-0.25, -0.2) is 13.1 Å². The minimum absolute atomic E-state index is 0.155. The average molecular weight is 431 g/mol. The molecule has 0 amide bonds. The van der Waals surface area contributed by atoms with E-state index in [4.69, 9.17) is 0 Å². The molecular weight excluding hydrogens is 418 g/mol. The summed E-state index contributed by atoms with van der Waals surface area (Å²) in [5.74, 6) is 0. The molecule has 2 aromatic rings. The first-order valence-electron chi connectivity index (χ1n) is 6.52. The lowest BCUT2D eigenvalue weighted by atomic mass is 10.1. The van der Waals surface area contributed by atoms with Gasteiger partial charge in [0.15, 0.2) is 0 Å². The molecule has 21 heavy (non-hydrogen) atoms. The number of hydrogen-bond donors (Lipinski definition) is 1. The Balaban J connectivity index is 1.93. The van der Waals surface area contributed by atoms with E-state index in [1.54, 1.807) is 18.2 Å². The molecule has 3 rings (SSSR count). The lowest BCUT2D eigenvalue weighted by Gasteiger charge is -2.15. The highest BCUT2D eigenvalue weighted by atomic mass is 79.9. The Kier molecular flexibility index (Phi) is 4.23. The molecule has 0 unspecified atom stereocenters. The van der Waals surface area contributed by atoms with Crippen LogP contribution in [0.2, 0.25) is 0 Å². The summed E-state index contributed by atoms with van der Waals surface area (Å²) in [6.45, 7) is 0. The van der Waals surface area contributed by atoms with E-state index in [-0.39, 0.29) is 10.9 Å². The first-order valence-corrected chi connectivity index (χ1v) is 9.59. The van der Waals surface area contributed by atoms with Gasteiger partial charge in [0.05, 0.1) is 4.90 Å². The van der Waals surface area contributed by atoms with E-state index in [0.717, 1.165) is 22.9 Å². The Hall–Kier alpha value is -0.690. The average Bonchev–Trinajstić information content (AvgIpc) is 2.84. The lowest BCUT2D eigenvalue weighted by Crippen LogP contribution is -2.27. The molecule has 0 heterocycles. The maximum Gasteiger partial charge on any atom is 0.242 e. The molecule has 1 N–H and O–H groups in total. The van der Waals surface area contributed by atoms with Gasteiger partial charge in [-0.1, -0.05) is 40.2 Å². The summed E-state index contributed by atoms with van der Waals surface area (Å²) in [5.41, 5.74) is 2.30. The van der Waals surface area contributed by atoms with Crippen molar-refractivity contribution in [3.63, 3.8) is 0 Å². The van der Waals surface area contributed by atoms with Gasteiger partial charge in [0.2, 0.25) is 10.0 Å². The fourth-order valence-corrected chi connectivity index (χ4v) is 5.37. The van der Waals surface area contributed by atoms with Crippen LogP contribution < -0.4 is 4.72 Å². The van der Waals surface area contributed by atoms with Crippen molar-refractivity contribution in [3.05, 3.63) is 62.5 Å². The lowest BCUT2D eigenvalue weighted by molar-refractivity contribution is 0.554. The van der Waals surface area contributed by atoms with Crippen LogP contribution in [0.25, 0.3) is 0 Å². The van der Waals surface area contributed by atoms with Gasteiger partial charge < -0.3 is 0 Å². The summed E-state index contributed by atoms with van der Waals surface area (Å²) >= 11 is 6.62. The third-order valence-corrected chi connectivity index (χ3v) is 6.57. The maximum atomic E-state index is 12.6. The van der Waals surface area contributed by atoms with Crippen LogP contribution in [-0.2, 0) is 16.4 Å². The predicted octanol–water partition coefficient (Wildman–Crippen LogP) is 4.18. The Morgan fingerprint density at radius 1 is 1.10 bits per heavy atom. The second kappa shape index (κ2) is 5.83. The summed E-state index contributed by atoms with van der Waals surface area (Å²) < 4.78 is 29.3. The number of fused-ring (bicyclic) bond motifs is 1. The number of halogens is 2. The minimum Gasteiger partial charge on any atom is -0.207 e. The number of hydrogen-bond acceptors (Lipinski definition) is 2. The second-order valence-corrected chi connectivity index (χ2v) is 8.44. The van der Waals surface area contributed by atoms with Gasteiger partial charge in [-0.3, -0.25) is 0 Å². The topological polar surface area (TPSA) is 46.2 Å². The van der Waals surface area contributed by atoms with E-state index in [9.17, 15) is 8.42 Å². The molecule has 2 aromatic carbocycles. The van der Waals surface area contributed by atoms with Gasteiger partial charge in [-0.05, 0) is 58.1 Å². The molecule has 1 atom stereocenters. The van der Waals surface area contributed by atoms with E-state index < -0.39 is 10.0 Å². The van der Waals surface area contributed by atoms with Crippen LogP contribution in [0.1, 0.15) is 23.6 Å². The van der Waals surface area contributed by atoms with Crippen molar-refractivity contribution in [1.82, 2.24) is 4.72 Å². The zero-order valence-corrected chi connectivity index (χ0v) is 15.0. The summed E-state index contributed by atoms with van der Waals surface area (Å²) in [7, 11) is -3.57. The fraction of sp³-hybridized carbons (Fsp3) is 0.200. The van der Waals surface area contributed by atoms with Crippen LogP contribution in [0, 0.1) is 0 Å². The number of benzene rings is 2. The van der Waals surface area contributed by atoms with Gasteiger partial charge in [-0.2, -0.15) is 0 Å². The first-order chi connectivity index (χ1) is 9.97. The predicted molar refractivity (Wildman–Crippen MR) is 89.7 cm³/mol. The van der Waals surface area contributed by atoms with Gasteiger partial charge in [0.25, 0.3) is 0 Å². The van der Waals surface area contributed by atoms with Crippen LogP contribution in [0.3, 0.4) is 0 Å².